The lowest BCUT2D eigenvalue weighted by molar-refractivity contribution is -0.337. The molecule has 3 atom stereocenters. The van der Waals surface area contributed by atoms with E-state index in [2.05, 4.69) is 9.97 Å². The summed E-state index contributed by atoms with van der Waals surface area (Å²) in [6.45, 7) is 5.69. The lowest BCUT2D eigenvalue weighted by atomic mass is 9.34. The third-order valence-corrected chi connectivity index (χ3v) is 8.45. The number of hydrogen-bond donors (Lipinski definition) is 0. The summed E-state index contributed by atoms with van der Waals surface area (Å²) >= 11 is 0. The normalized spacial score (nSPS) is 31.7. The Balaban J connectivity index is 1.40. The molecule has 7 nitrogen and oxygen atoms in total. The predicted octanol–water partition coefficient (Wildman–Crippen LogP) is 4.74. The quantitative estimate of drug-likeness (QED) is 0.518. The number of nitrogens with zero attached hydrogens (tertiary/aromatic N) is 5. The van der Waals surface area contributed by atoms with Crippen molar-refractivity contribution in [2.24, 2.45) is 12.5 Å². The Morgan fingerprint density at radius 2 is 1.72 bits per heavy atom. The molecule has 0 amide bonds. The highest BCUT2D eigenvalue weighted by Gasteiger charge is 2.79. The fourth-order valence-electron chi connectivity index (χ4n) is 6.40. The first-order valence-electron chi connectivity index (χ1n) is 12.3. The van der Waals surface area contributed by atoms with Gasteiger partial charge in [-0.2, -0.15) is 13.2 Å². The monoisotopic (exact) mass is 499 g/mol. The van der Waals surface area contributed by atoms with Crippen LogP contribution in [-0.4, -0.2) is 36.8 Å². The first-order chi connectivity index (χ1) is 16.9. The van der Waals surface area contributed by atoms with E-state index in [1.54, 1.807) is 19.3 Å². The Labute approximate surface area is 206 Å². The van der Waals surface area contributed by atoms with Crippen LogP contribution in [0, 0.1) is 19.3 Å². The molecule has 0 radical (unpaired) electrons. The fraction of sp³-hybridized carbons (Fsp3) is 0.577. The number of alkyl halides is 3. The van der Waals surface area contributed by atoms with Crippen molar-refractivity contribution in [3.63, 3.8) is 0 Å². The number of hydrogen-bond acceptors (Lipinski definition) is 6. The van der Waals surface area contributed by atoms with Gasteiger partial charge in [0, 0.05) is 30.6 Å². The Morgan fingerprint density at radius 3 is 2.39 bits per heavy atom. The van der Waals surface area contributed by atoms with E-state index < -0.39 is 17.0 Å². The molecule has 1 aliphatic heterocycles. The molecule has 3 aromatic heterocycles. The van der Waals surface area contributed by atoms with E-state index in [0.717, 1.165) is 17.0 Å². The molecule has 190 valence electrons. The molecule has 3 aliphatic carbocycles. The Kier molecular flexibility index (Phi) is 4.94. The minimum absolute atomic E-state index is 0.0501. The molecule has 3 saturated carbocycles. The van der Waals surface area contributed by atoms with Gasteiger partial charge < -0.3 is 9.30 Å². The van der Waals surface area contributed by atoms with Gasteiger partial charge in [0.2, 0.25) is 5.56 Å². The number of fused-ring (bicyclic) bond motifs is 1. The molecule has 7 rings (SSSR count). The van der Waals surface area contributed by atoms with Crippen LogP contribution in [0.5, 0.6) is 0 Å². The van der Waals surface area contributed by atoms with Crippen LogP contribution in [0.1, 0.15) is 79.5 Å². The van der Waals surface area contributed by atoms with Crippen LogP contribution < -0.4 is 5.56 Å². The molecular weight excluding hydrogens is 471 g/mol. The van der Waals surface area contributed by atoms with Crippen LogP contribution in [0.15, 0.2) is 23.1 Å². The summed E-state index contributed by atoms with van der Waals surface area (Å²) in [7, 11) is 1.70. The van der Waals surface area contributed by atoms with Gasteiger partial charge in [0.1, 0.15) is 11.3 Å². The van der Waals surface area contributed by atoms with E-state index in [1.165, 1.54) is 10.6 Å². The summed E-state index contributed by atoms with van der Waals surface area (Å²) in [6.07, 6.45) is -1.30. The van der Waals surface area contributed by atoms with E-state index in [1.807, 2.05) is 20.8 Å². The van der Waals surface area contributed by atoms with Crippen LogP contribution in [0.4, 0.5) is 13.2 Å². The highest BCUT2D eigenvalue weighted by molar-refractivity contribution is 5.75. The first kappa shape index (κ1) is 23.5. The summed E-state index contributed by atoms with van der Waals surface area (Å²) in [5, 5.41) is 0. The second kappa shape index (κ2) is 7.57. The first-order valence-corrected chi connectivity index (χ1v) is 12.3. The van der Waals surface area contributed by atoms with Gasteiger partial charge in [-0.1, -0.05) is 0 Å². The van der Waals surface area contributed by atoms with E-state index in [0.29, 0.717) is 35.5 Å². The summed E-state index contributed by atoms with van der Waals surface area (Å²) in [5.74, 6) is 0.525. The topological polar surface area (TPSA) is 82.8 Å². The van der Waals surface area contributed by atoms with Crippen molar-refractivity contribution in [2.75, 3.05) is 0 Å². The SMILES string of the molecule is Cc1nc2nc(C3C[C@@H](C)O[C@@H](c4ccc(=O)n(C)c4)C3)nc(C34CC(C(F)(F)F)(C3)C4)c2nc1C. The number of ether oxygens (including phenoxy) is 1. The van der Waals surface area contributed by atoms with Gasteiger partial charge in [-0.05, 0) is 64.5 Å². The van der Waals surface area contributed by atoms with Crippen molar-refractivity contribution >= 4 is 11.2 Å². The average molecular weight is 500 g/mol. The highest BCUT2D eigenvalue weighted by Crippen LogP contribution is 2.78. The van der Waals surface area contributed by atoms with Gasteiger partial charge >= 0.3 is 6.18 Å². The largest absolute Gasteiger partial charge is 0.394 e. The summed E-state index contributed by atoms with van der Waals surface area (Å²) in [6, 6.07) is 3.31. The van der Waals surface area contributed by atoms with Crippen molar-refractivity contribution in [2.45, 2.75) is 82.6 Å². The zero-order chi connectivity index (χ0) is 25.6. The smallest absolute Gasteiger partial charge is 0.370 e. The van der Waals surface area contributed by atoms with Gasteiger partial charge in [-0.15, -0.1) is 0 Å². The van der Waals surface area contributed by atoms with Crippen LogP contribution in [0.2, 0.25) is 0 Å². The third-order valence-electron chi connectivity index (χ3n) is 8.45. The summed E-state index contributed by atoms with van der Waals surface area (Å²) in [4.78, 5) is 30.9. The third kappa shape index (κ3) is 3.40. The van der Waals surface area contributed by atoms with Crippen LogP contribution >= 0.6 is 0 Å². The maximum Gasteiger partial charge on any atom is 0.394 e. The maximum atomic E-state index is 13.6. The molecule has 3 aromatic rings. The molecule has 2 bridgehead atoms. The molecule has 4 fully saturated rings. The van der Waals surface area contributed by atoms with Crippen molar-refractivity contribution in [1.82, 2.24) is 24.5 Å². The molecule has 4 aliphatic rings. The predicted molar refractivity (Wildman–Crippen MR) is 126 cm³/mol. The van der Waals surface area contributed by atoms with Crippen molar-refractivity contribution < 1.29 is 17.9 Å². The molecular formula is C26H28F3N5O2. The molecule has 0 aromatic carbocycles. The minimum Gasteiger partial charge on any atom is -0.370 e. The number of pyridine rings is 1. The van der Waals surface area contributed by atoms with Crippen molar-refractivity contribution in [3.8, 4) is 0 Å². The molecule has 36 heavy (non-hydrogen) atoms. The van der Waals surface area contributed by atoms with Crippen LogP contribution in [-0.2, 0) is 17.2 Å². The van der Waals surface area contributed by atoms with Gasteiger partial charge in [0.15, 0.2) is 5.65 Å². The van der Waals surface area contributed by atoms with E-state index in [4.69, 9.17) is 14.7 Å². The van der Waals surface area contributed by atoms with Gasteiger partial charge in [-0.25, -0.2) is 19.9 Å². The molecule has 1 saturated heterocycles. The molecule has 0 N–H and O–H groups in total. The van der Waals surface area contributed by atoms with Gasteiger partial charge in [-0.3, -0.25) is 4.79 Å². The zero-order valence-corrected chi connectivity index (χ0v) is 20.7. The molecule has 0 spiro atoms. The summed E-state index contributed by atoms with van der Waals surface area (Å²) < 4.78 is 48.6. The highest BCUT2D eigenvalue weighted by atomic mass is 19.4. The van der Waals surface area contributed by atoms with Crippen molar-refractivity contribution in [3.05, 3.63) is 57.2 Å². The van der Waals surface area contributed by atoms with Crippen LogP contribution in [0.25, 0.3) is 11.2 Å². The Hall–Kier alpha value is -2.88. The number of rotatable bonds is 3. The van der Waals surface area contributed by atoms with E-state index in [9.17, 15) is 18.0 Å². The second-order valence-corrected chi connectivity index (χ2v) is 11.1. The minimum atomic E-state index is -4.20. The molecule has 1 unspecified atom stereocenters. The van der Waals surface area contributed by atoms with E-state index in [-0.39, 0.29) is 42.9 Å². The fourth-order valence-corrected chi connectivity index (χ4v) is 6.40. The van der Waals surface area contributed by atoms with E-state index >= 15 is 0 Å². The molecule has 10 heteroatoms. The number of aryl methyl sites for hydroxylation is 3. The number of halogens is 3. The zero-order valence-electron chi connectivity index (χ0n) is 20.7. The second-order valence-electron chi connectivity index (χ2n) is 11.1. The average Bonchev–Trinajstić information content (AvgIpc) is 2.73. The van der Waals surface area contributed by atoms with Crippen LogP contribution in [0.3, 0.4) is 0 Å². The Bertz CT molecular complexity index is 1430. The standard InChI is InChI=1S/C26H28F3N5O2/c1-13-7-17(8-18(36-13)16-5-6-19(35)34(4)9-16)22-32-21(20-23(33-22)31-15(3)14(2)30-20)24-10-25(11-24,12-24)26(27,28)29/h5-6,9,13,17-18H,7-8,10-12H2,1-4H3/t13-,17?,18-,24?,25?/m1/s1. The number of aromatic nitrogens is 5. The Morgan fingerprint density at radius 1 is 1.03 bits per heavy atom. The maximum absolute atomic E-state index is 13.6. The van der Waals surface area contributed by atoms with Crippen molar-refractivity contribution in [1.29, 1.82) is 0 Å². The summed E-state index contributed by atoms with van der Waals surface area (Å²) in [5.41, 5.74) is 1.65. The van der Waals surface area contributed by atoms with Gasteiger partial charge in [0.05, 0.1) is 34.7 Å². The lowest BCUT2D eigenvalue weighted by Gasteiger charge is -2.70. The lowest BCUT2D eigenvalue weighted by Crippen LogP contribution is -2.70. The molecule has 4 heterocycles. The van der Waals surface area contributed by atoms with Gasteiger partial charge in [0.25, 0.3) is 0 Å².